The number of aliphatic hydroxyl groups is 2. The highest BCUT2D eigenvalue weighted by molar-refractivity contribution is 5.94. The molecule has 0 aliphatic rings. The van der Waals surface area contributed by atoms with Crippen LogP contribution in [-0.2, 0) is 12.5 Å². The largest absolute Gasteiger partial charge is 0.468 e. The summed E-state index contributed by atoms with van der Waals surface area (Å²) in [6, 6.07) is 9.52. The van der Waals surface area contributed by atoms with E-state index in [-0.39, 0.29) is 17.9 Å². The highest BCUT2D eigenvalue weighted by Crippen LogP contribution is 2.17. The van der Waals surface area contributed by atoms with Crippen LogP contribution in [0.2, 0.25) is 0 Å². The fourth-order valence-corrected chi connectivity index (χ4v) is 1.66. The second kappa shape index (κ2) is 5.36. The van der Waals surface area contributed by atoms with Gasteiger partial charge in [-0.25, -0.2) is 0 Å². The van der Waals surface area contributed by atoms with Crippen LogP contribution in [0.1, 0.15) is 28.6 Å². The third-order valence-electron chi connectivity index (χ3n) is 2.78. The van der Waals surface area contributed by atoms with Gasteiger partial charge in [0.05, 0.1) is 12.8 Å². The van der Waals surface area contributed by atoms with Gasteiger partial charge in [0.2, 0.25) is 0 Å². The molecule has 2 rings (SSSR count). The third kappa shape index (κ3) is 3.29. The number of hydrogen-bond donors (Lipinski definition) is 3. The molecule has 0 saturated carbocycles. The Bertz CT molecular complexity index is 543. The molecule has 0 spiro atoms. The van der Waals surface area contributed by atoms with E-state index in [1.54, 1.807) is 24.3 Å². The summed E-state index contributed by atoms with van der Waals surface area (Å²) in [6.45, 7) is 1.63. The number of hydrogen-bond acceptors (Lipinski definition) is 5. The lowest BCUT2D eigenvalue weighted by atomic mass is 10.1. The molecule has 100 valence electrons. The van der Waals surface area contributed by atoms with Gasteiger partial charge in [-0.05, 0) is 19.1 Å². The highest BCUT2D eigenvalue weighted by atomic mass is 16.5. The Morgan fingerprint density at radius 3 is 2.47 bits per heavy atom. The van der Waals surface area contributed by atoms with Crippen LogP contribution in [0.25, 0.3) is 0 Å². The van der Waals surface area contributed by atoms with Crippen molar-refractivity contribution in [3.8, 4) is 0 Å². The molecule has 0 aliphatic carbocycles. The summed E-state index contributed by atoms with van der Waals surface area (Å²) in [5, 5.41) is 22.4. The molecule has 1 aromatic carbocycles. The number of Topliss-reactive ketones (excluding diaryl/α,β-unsaturated/α-hetero) is 1. The number of carbonyl (C=O) groups is 1. The first-order valence-corrected chi connectivity index (χ1v) is 5.82. The maximum absolute atomic E-state index is 11.1. The molecule has 0 atom stereocenters. The van der Waals surface area contributed by atoms with Gasteiger partial charge in [-0.3, -0.25) is 10.1 Å². The number of carbonyl (C=O) groups excluding carboxylic acids is 1. The lowest BCUT2D eigenvalue weighted by Gasteiger charge is -2.23. The van der Waals surface area contributed by atoms with E-state index in [0.717, 1.165) is 0 Å². The summed E-state index contributed by atoms with van der Waals surface area (Å²) < 4.78 is 5.09. The van der Waals surface area contributed by atoms with Crippen LogP contribution in [0, 0.1) is 0 Å². The SMILES string of the molecule is CC(=O)c1ccc(C(O)(O)NCc2ccco2)cc1. The summed E-state index contributed by atoms with van der Waals surface area (Å²) >= 11 is 0. The first-order valence-electron chi connectivity index (χ1n) is 5.82. The Labute approximate surface area is 110 Å². The second-order valence-electron chi connectivity index (χ2n) is 4.24. The lowest BCUT2D eigenvalue weighted by molar-refractivity contribution is -0.197. The van der Waals surface area contributed by atoms with E-state index in [1.807, 2.05) is 0 Å². The van der Waals surface area contributed by atoms with Crippen LogP contribution in [0.5, 0.6) is 0 Å². The maximum atomic E-state index is 11.1. The molecule has 2 aromatic rings. The van der Waals surface area contributed by atoms with E-state index >= 15 is 0 Å². The predicted molar refractivity (Wildman–Crippen MR) is 68.1 cm³/mol. The minimum absolute atomic E-state index is 0.0726. The molecule has 0 radical (unpaired) electrons. The minimum Gasteiger partial charge on any atom is -0.468 e. The Morgan fingerprint density at radius 1 is 1.26 bits per heavy atom. The van der Waals surface area contributed by atoms with Crippen molar-refractivity contribution < 1.29 is 19.4 Å². The van der Waals surface area contributed by atoms with Crippen molar-refractivity contribution in [2.45, 2.75) is 19.4 Å². The Morgan fingerprint density at radius 2 is 1.95 bits per heavy atom. The summed E-state index contributed by atoms with van der Waals surface area (Å²) in [5.41, 5.74) is 0.773. The Hall–Kier alpha value is -1.95. The summed E-state index contributed by atoms with van der Waals surface area (Å²) in [7, 11) is 0. The number of benzene rings is 1. The molecule has 5 nitrogen and oxygen atoms in total. The third-order valence-corrected chi connectivity index (χ3v) is 2.78. The second-order valence-corrected chi connectivity index (χ2v) is 4.24. The van der Waals surface area contributed by atoms with Crippen molar-refractivity contribution in [2.75, 3.05) is 0 Å². The van der Waals surface area contributed by atoms with E-state index in [0.29, 0.717) is 11.3 Å². The molecule has 19 heavy (non-hydrogen) atoms. The minimum atomic E-state index is -2.18. The molecular formula is C14H15NO4. The number of nitrogens with one attached hydrogen (secondary N) is 1. The van der Waals surface area contributed by atoms with Crippen LogP contribution in [-0.4, -0.2) is 16.0 Å². The number of furan rings is 1. The zero-order chi connectivity index (χ0) is 13.9. The first kappa shape index (κ1) is 13.5. The molecule has 1 aromatic heterocycles. The van der Waals surface area contributed by atoms with E-state index in [2.05, 4.69) is 5.32 Å². The highest BCUT2D eigenvalue weighted by Gasteiger charge is 2.25. The Balaban J connectivity index is 2.07. The van der Waals surface area contributed by atoms with Gasteiger partial charge in [0.15, 0.2) is 5.78 Å². The van der Waals surface area contributed by atoms with E-state index in [1.165, 1.54) is 25.3 Å². The zero-order valence-electron chi connectivity index (χ0n) is 10.5. The molecule has 3 N–H and O–H groups in total. The van der Waals surface area contributed by atoms with E-state index in [9.17, 15) is 15.0 Å². The first-order chi connectivity index (χ1) is 8.99. The summed E-state index contributed by atoms with van der Waals surface area (Å²) in [6.07, 6.45) is 1.51. The van der Waals surface area contributed by atoms with Crippen molar-refractivity contribution >= 4 is 5.78 Å². The van der Waals surface area contributed by atoms with E-state index < -0.39 is 5.91 Å². The number of ketones is 1. The van der Waals surface area contributed by atoms with Gasteiger partial charge in [0.25, 0.3) is 5.91 Å². The lowest BCUT2D eigenvalue weighted by Crippen LogP contribution is -2.41. The van der Waals surface area contributed by atoms with Crippen molar-refractivity contribution in [1.29, 1.82) is 0 Å². The van der Waals surface area contributed by atoms with Gasteiger partial charge in [-0.1, -0.05) is 24.3 Å². The van der Waals surface area contributed by atoms with Crippen molar-refractivity contribution in [3.05, 3.63) is 59.5 Å². The quantitative estimate of drug-likeness (QED) is 0.559. The van der Waals surface area contributed by atoms with Crippen molar-refractivity contribution in [3.63, 3.8) is 0 Å². The van der Waals surface area contributed by atoms with Gasteiger partial charge in [0, 0.05) is 11.1 Å². The normalized spacial score (nSPS) is 11.5. The standard InChI is InChI=1S/C14H15NO4/c1-10(16)11-4-6-12(7-5-11)14(17,18)15-9-13-3-2-8-19-13/h2-8,15,17-18H,9H2,1H3. The van der Waals surface area contributed by atoms with Crippen LogP contribution < -0.4 is 5.32 Å². The average Bonchev–Trinajstić information content (AvgIpc) is 2.90. The van der Waals surface area contributed by atoms with Gasteiger partial charge < -0.3 is 14.6 Å². The molecule has 0 saturated heterocycles. The molecule has 0 fully saturated rings. The monoisotopic (exact) mass is 261 g/mol. The van der Waals surface area contributed by atoms with Gasteiger partial charge in [0.1, 0.15) is 5.76 Å². The van der Waals surface area contributed by atoms with Crippen LogP contribution in [0.15, 0.2) is 47.1 Å². The molecular weight excluding hydrogens is 246 g/mol. The molecule has 0 unspecified atom stereocenters. The van der Waals surface area contributed by atoms with Crippen molar-refractivity contribution in [1.82, 2.24) is 5.32 Å². The van der Waals surface area contributed by atoms with Crippen molar-refractivity contribution in [2.24, 2.45) is 0 Å². The zero-order valence-corrected chi connectivity index (χ0v) is 10.5. The van der Waals surface area contributed by atoms with Crippen LogP contribution in [0.4, 0.5) is 0 Å². The van der Waals surface area contributed by atoms with Gasteiger partial charge in [-0.2, -0.15) is 0 Å². The molecule has 5 heteroatoms. The van der Waals surface area contributed by atoms with E-state index in [4.69, 9.17) is 4.42 Å². The fraction of sp³-hybridized carbons (Fsp3) is 0.214. The summed E-state index contributed by atoms with van der Waals surface area (Å²) in [5.74, 6) is -1.66. The van der Waals surface area contributed by atoms with Gasteiger partial charge in [-0.15, -0.1) is 0 Å². The number of rotatable bonds is 5. The molecule has 0 bridgehead atoms. The fourth-order valence-electron chi connectivity index (χ4n) is 1.66. The molecule has 1 heterocycles. The van der Waals surface area contributed by atoms with Gasteiger partial charge >= 0.3 is 0 Å². The average molecular weight is 261 g/mol. The smallest absolute Gasteiger partial charge is 0.251 e. The maximum Gasteiger partial charge on any atom is 0.251 e. The Kier molecular flexibility index (Phi) is 3.80. The van der Waals surface area contributed by atoms with Crippen LogP contribution >= 0.6 is 0 Å². The predicted octanol–water partition coefficient (Wildman–Crippen LogP) is 1.37. The molecule has 0 amide bonds. The van der Waals surface area contributed by atoms with Crippen LogP contribution in [0.3, 0.4) is 0 Å². The topological polar surface area (TPSA) is 82.7 Å². The molecule has 0 aliphatic heterocycles. The summed E-state index contributed by atoms with van der Waals surface area (Å²) in [4.78, 5) is 11.1.